The number of aliphatic hydroxyl groups excluding tert-OH is 1. The third kappa shape index (κ3) is 8.72. The van der Waals surface area contributed by atoms with Gasteiger partial charge in [0.25, 0.3) is 5.91 Å². The first-order chi connectivity index (χ1) is 18.7. The Balaban J connectivity index is 1.25. The predicted molar refractivity (Wildman–Crippen MR) is 149 cm³/mol. The highest BCUT2D eigenvalue weighted by Crippen LogP contribution is 2.26. The van der Waals surface area contributed by atoms with Gasteiger partial charge in [0.05, 0.1) is 24.1 Å². The van der Waals surface area contributed by atoms with E-state index in [1.807, 2.05) is 6.08 Å². The summed E-state index contributed by atoms with van der Waals surface area (Å²) in [4.78, 5) is 31.0. The van der Waals surface area contributed by atoms with E-state index in [1.165, 1.54) is 30.1 Å². The van der Waals surface area contributed by atoms with Crippen LogP contribution in [0.2, 0.25) is 0 Å². The van der Waals surface area contributed by atoms with Crippen LogP contribution in [0.1, 0.15) is 33.6 Å². The van der Waals surface area contributed by atoms with Crippen molar-refractivity contribution in [2.24, 2.45) is 0 Å². The Morgan fingerprint density at radius 1 is 1.21 bits per heavy atom. The van der Waals surface area contributed by atoms with Crippen molar-refractivity contribution in [2.45, 2.75) is 41.5 Å². The molecular formula is C27H28FN3O5S3. The number of rotatable bonds is 12. The number of nitrogens with zero attached hydrogens (tertiary/aromatic N) is 2. The lowest BCUT2D eigenvalue weighted by Crippen LogP contribution is -2.33. The number of carbonyl (C=O) groups is 2. The fraction of sp³-hybridized carbons (Fsp3) is 0.296. The lowest BCUT2D eigenvalue weighted by molar-refractivity contribution is -0.128. The molecule has 1 aromatic heterocycles. The third-order valence-corrected chi connectivity index (χ3v) is 9.34. The second-order valence-electron chi connectivity index (χ2n) is 8.99. The summed E-state index contributed by atoms with van der Waals surface area (Å²) in [5.41, 5.74) is 1.39. The molecular weight excluding hydrogens is 562 g/mol. The number of benzene rings is 2. The summed E-state index contributed by atoms with van der Waals surface area (Å²) >= 11 is 2.47. The maximum atomic E-state index is 13.1. The first-order valence-corrected chi connectivity index (χ1v) is 15.7. The van der Waals surface area contributed by atoms with E-state index in [2.05, 4.69) is 9.71 Å². The van der Waals surface area contributed by atoms with Crippen LogP contribution in [-0.4, -0.2) is 59.7 Å². The zero-order valence-corrected chi connectivity index (χ0v) is 23.4. The number of aliphatic hydroxyl groups is 1. The molecule has 8 nitrogen and oxygen atoms in total. The van der Waals surface area contributed by atoms with Gasteiger partial charge in [-0.1, -0.05) is 66.4 Å². The average Bonchev–Trinajstić information content (AvgIpc) is 3.51. The van der Waals surface area contributed by atoms with Crippen molar-refractivity contribution in [3.8, 4) is 0 Å². The van der Waals surface area contributed by atoms with Gasteiger partial charge in [0.1, 0.15) is 10.7 Å². The van der Waals surface area contributed by atoms with Crippen molar-refractivity contribution >= 4 is 44.9 Å². The van der Waals surface area contributed by atoms with Crippen molar-refractivity contribution in [3.63, 3.8) is 0 Å². The Kier molecular flexibility index (Phi) is 9.89. The maximum Gasteiger partial charge on any atom is 0.276 e. The van der Waals surface area contributed by atoms with Crippen LogP contribution >= 0.6 is 23.1 Å². The van der Waals surface area contributed by atoms with E-state index in [-0.39, 0.29) is 28.4 Å². The number of sulfonamides is 1. The molecule has 4 rings (SSSR count). The van der Waals surface area contributed by atoms with Crippen LogP contribution < -0.4 is 4.72 Å². The highest BCUT2D eigenvalue weighted by Gasteiger charge is 2.29. The third-order valence-electron chi connectivity index (χ3n) is 6.00. The van der Waals surface area contributed by atoms with Crippen LogP contribution in [0.5, 0.6) is 0 Å². The van der Waals surface area contributed by atoms with E-state index in [0.29, 0.717) is 41.5 Å². The molecule has 2 aromatic carbocycles. The minimum atomic E-state index is -3.86. The lowest BCUT2D eigenvalue weighted by Gasteiger charge is -2.22. The molecule has 1 fully saturated rings. The molecule has 0 aliphatic carbocycles. The number of nitrogens with one attached hydrogen (secondary N) is 1. The van der Waals surface area contributed by atoms with Gasteiger partial charge in [-0.15, -0.1) is 11.3 Å². The van der Waals surface area contributed by atoms with Gasteiger partial charge < -0.3 is 10.0 Å². The number of carbonyl (C=O) groups excluding carboxylic acids is 2. The second kappa shape index (κ2) is 13.3. The molecule has 2 amide bonds. The number of amides is 2. The molecule has 2 atom stereocenters. The van der Waals surface area contributed by atoms with Crippen LogP contribution in [0.25, 0.3) is 0 Å². The van der Waals surface area contributed by atoms with Crippen LogP contribution in [0, 0.1) is 5.82 Å². The highest BCUT2D eigenvalue weighted by atomic mass is 32.2. The number of halogens is 1. The van der Waals surface area contributed by atoms with Gasteiger partial charge in [0.15, 0.2) is 4.34 Å². The standard InChI is InChI=1S/C27H28FN3O5S3/c28-21-8-6-19(7-9-21)16-23(32)12-10-22-11-13-25(33)31(22)14-15-37-27-29-17-24(38-27)26(34)30-39(35,36)18-20-4-2-1-3-5-20/h1-10,12,17,22-23,32H,11,13-16,18H2,(H,30,34)/t22-,23+/m0/s1. The Bertz CT molecular complexity index is 1410. The Morgan fingerprint density at radius 3 is 2.69 bits per heavy atom. The van der Waals surface area contributed by atoms with Crippen LogP contribution in [0.4, 0.5) is 4.39 Å². The van der Waals surface area contributed by atoms with E-state index in [4.69, 9.17) is 0 Å². The molecule has 3 aromatic rings. The van der Waals surface area contributed by atoms with Crippen LogP contribution in [0.15, 0.2) is 77.3 Å². The van der Waals surface area contributed by atoms with Crippen molar-refractivity contribution in [1.82, 2.24) is 14.6 Å². The summed E-state index contributed by atoms with van der Waals surface area (Å²) in [6.45, 7) is 0.457. The number of aromatic nitrogens is 1. The number of hydrogen-bond acceptors (Lipinski definition) is 8. The van der Waals surface area contributed by atoms with Gasteiger partial charge in [-0.25, -0.2) is 22.5 Å². The molecule has 0 bridgehead atoms. The quantitative estimate of drug-likeness (QED) is 0.244. The number of hydrogen-bond donors (Lipinski definition) is 2. The minimum Gasteiger partial charge on any atom is -0.389 e. The number of thiazole rings is 1. The summed E-state index contributed by atoms with van der Waals surface area (Å²) in [6, 6.07) is 14.4. The van der Waals surface area contributed by atoms with Gasteiger partial charge in [0, 0.05) is 25.1 Å². The summed E-state index contributed by atoms with van der Waals surface area (Å²) in [7, 11) is -3.86. The Morgan fingerprint density at radius 2 is 1.95 bits per heavy atom. The molecule has 2 N–H and O–H groups in total. The van der Waals surface area contributed by atoms with Gasteiger partial charge in [-0.3, -0.25) is 9.59 Å². The minimum absolute atomic E-state index is 0.0288. The maximum absolute atomic E-state index is 13.1. The molecule has 0 unspecified atom stereocenters. The Labute approximate surface area is 235 Å². The van der Waals surface area contributed by atoms with Crippen molar-refractivity contribution in [2.75, 3.05) is 12.3 Å². The van der Waals surface area contributed by atoms with Gasteiger partial charge in [-0.2, -0.15) is 0 Å². The monoisotopic (exact) mass is 589 g/mol. The summed E-state index contributed by atoms with van der Waals surface area (Å²) in [5.74, 6) is -0.793. The first-order valence-electron chi connectivity index (χ1n) is 12.3. The van der Waals surface area contributed by atoms with E-state index >= 15 is 0 Å². The molecule has 39 heavy (non-hydrogen) atoms. The summed E-state index contributed by atoms with van der Waals surface area (Å²) in [6.07, 6.45) is 5.53. The smallest absolute Gasteiger partial charge is 0.276 e. The van der Waals surface area contributed by atoms with Gasteiger partial charge in [0.2, 0.25) is 15.9 Å². The fourth-order valence-electron chi connectivity index (χ4n) is 4.12. The van der Waals surface area contributed by atoms with E-state index in [9.17, 15) is 27.5 Å². The molecule has 1 saturated heterocycles. The molecule has 2 heterocycles. The molecule has 0 spiro atoms. The lowest BCUT2D eigenvalue weighted by atomic mass is 10.1. The molecule has 1 aliphatic heterocycles. The van der Waals surface area contributed by atoms with Crippen molar-refractivity contribution in [1.29, 1.82) is 0 Å². The highest BCUT2D eigenvalue weighted by molar-refractivity contribution is 8.01. The number of likely N-dealkylation sites (tertiary alicyclic amines) is 1. The molecule has 0 saturated carbocycles. The zero-order chi connectivity index (χ0) is 27.8. The van der Waals surface area contributed by atoms with Crippen LogP contribution in [-0.2, 0) is 27.0 Å². The predicted octanol–water partition coefficient (Wildman–Crippen LogP) is 3.78. The second-order valence-corrected chi connectivity index (χ2v) is 13.1. The largest absolute Gasteiger partial charge is 0.389 e. The molecule has 1 aliphatic rings. The first kappa shape index (κ1) is 28.9. The van der Waals surface area contributed by atoms with E-state index in [1.54, 1.807) is 53.4 Å². The average molecular weight is 590 g/mol. The van der Waals surface area contributed by atoms with Crippen LogP contribution in [0.3, 0.4) is 0 Å². The zero-order valence-electron chi connectivity index (χ0n) is 20.9. The Hall–Kier alpha value is -3.06. The van der Waals surface area contributed by atoms with E-state index < -0.39 is 22.0 Å². The van der Waals surface area contributed by atoms with Crippen molar-refractivity contribution < 1.29 is 27.5 Å². The molecule has 0 radical (unpaired) electrons. The summed E-state index contributed by atoms with van der Waals surface area (Å²) < 4.78 is 40.4. The SMILES string of the molecule is O=C(NS(=O)(=O)Cc1ccccc1)c1cnc(SCCN2C(=O)CC[C@@H]2C=C[C@@H](O)Cc2ccc(F)cc2)s1. The van der Waals surface area contributed by atoms with Gasteiger partial charge in [-0.05, 0) is 29.7 Å². The molecule has 12 heteroatoms. The van der Waals surface area contributed by atoms with Gasteiger partial charge >= 0.3 is 0 Å². The summed E-state index contributed by atoms with van der Waals surface area (Å²) in [5, 5.41) is 10.3. The van der Waals surface area contributed by atoms with Crippen molar-refractivity contribution in [3.05, 3.63) is 94.8 Å². The molecule has 206 valence electrons. The van der Waals surface area contributed by atoms with E-state index in [0.717, 1.165) is 16.9 Å². The topological polar surface area (TPSA) is 117 Å². The normalized spacial score (nSPS) is 16.6. The fourth-order valence-corrected chi connectivity index (χ4v) is 7.16. The number of thioether (sulfide) groups is 1.